The molecule has 1 aromatic rings. The maximum Gasteiger partial charge on any atom is 0.130 e. The molecule has 0 unspecified atom stereocenters. The number of ether oxygens (including phenoxy) is 1. The maximum atomic E-state index is 10.9. The highest BCUT2D eigenvalue weighted by Crippen LogP contribution is 2.46. The molecular formula is C13H16O2. The fourth-order valence-corrected chi connectivity index (χ4v) is 1.71. The van der Waals surface area contributed by atoms with Crippen LogP contribution in [-0.4, -0.2) is 12.9 Å². The number of carbonyl (C=O) groups is 1. The normalized spacial score (nSPS) is 17.1. The number of hydrogen-bond donors (Lipinski definition) is 0. The Morgan fingerprint density at radius 2 is 2.00 bits per heavy atom. The molecule has 80 valence electrons. The fourth-order valence-electron chi connectivity index (χ4n) is 1.71. The lowest BCUT2D eigenvalue weighted by molar-refractivity contribution is -0.109. The summed E-state index contributed by atoms with van der Waals surface area (Å²) in [7, 11) is 0. The van der Waals surface area contributed by atoms with Gasteiger partial charge in [0.15, 0.2) is 0 Å². The summed E-state index contributed by atoms with van der Waals surface area (Å²) in [6.45, 7) is 2.83. The zero-order valence-corrected chi connectivity index (χ0v) is 9.03. The molecule has 1 fully saturated rings. The Kier molecular flexibility index (Phi) is 2.76. The molecule has 2 nitrogen and oxygen atoms in total. The number of benzene rings is 1. The summed E-state index contributed by atoms with van der Waals surface area (Å²) in [5.41, 5.74) is 0.963. The molecule has 0 atom stereocenters. The predicted octanol–water partition coefficient (Wildman–Crippen LogP) is 2.71. The lowest BCUT2D eigenvalue weighted by Gasteiger charge is -2.09. The molecule has 0 bridgehead atoms. The topological polar surface area (TPSA) is 26.3 Å². The first kappa shape index (κ1) is 10.2. The van der Waals surface area contributed by atoms with Crippen molar-refractivity contribution < 1.29 is 9.53 Å². The van der Waals surface area contributed by atoms with Crippen molar-refractivity contribution >= 4 is 6.29 Å². The van der Waals surface area contributed by atoms with Crippen molar-refractivity contribution in [2.24, 2.45) is 0 Å². The summed E-state index contributed by atoms with van der Waals surface area (Å²) in [5, 5.41) is 0. The van der Waals surface area contributed by atoms with Crippen LogP contribution >= 0.6 is 0 Å². The highest BCUT2D eigenvalue weighted by atomic mass is 16.5. The van der Waals surface area contributed by atoms with E-state index in [9.17, 15) is 4.79 Å². The first-order chi connectivity index (χ1) is 7.30. The number of rotatable bonds is 5. The summed E-state index contributed by atoms with van der Waals surface area (Å²) in [5.74, 6) is 0.891. The maximum absolute atomic E-state index is 10.9. The van der Waals surface area contributed by atoms with Crippen LogP contribution in [0, 0.1) is 0 Å². The number of hydrogen-bond acceptors (Lipinski definition) is 2. The summed E-state index contributed by atoms with van der Waals surface area (Å²) in [6, 6.07) is 7.92. The lowest BCUT2D eigenvalue weighted by Crippen LogP contribution is -2.07. The Bertz CT molecular complexity index is 336. The Labute approximate surface area is 90.3 Å². The Morgan fingerprint density at radius 3 is 2.47 bits per heavy atom. The van der Waals surface area contributed by atoms with Crippen LogP contribution in [0.3, 0.4) is 0 Å². The van der Waals surface area contributed by atoms with E-state index in [0.717, 1.165) is 43.5 Å². The molecular weight excluding hydrogens is 188 g/mol. The predicted molar refractivity (Wildman–Crippen MR) is 59.2 cm³/mol. The van der Waals surface area contributed by atoms with Gasteiger partial charge < -0.3 is 9.53 Å². The fraction of sp³-hybridized carbons (Fsp3) is 0.462. The quantitative estimate of drug-likeness (QED) is 0.689. The van der Waals surface area contributed by atoms with Gasteiger partial charge in [0.25, 0.3) is 0 Å². The minimum Gasteiger partial charge on any atom is -0.494 e. The highest BCUT2D eigenvalue weighted by molar-refractivity contribution is 5.73. The van der Waals surface area contributed by atoms with Crippen LogP contribution in [0.25, 0.3) is 0 Å². The monoisotopic (exact) mass is 204 g/mol. The van der Waals surface area contributed by atoms with E-state index < -0.39 is 0 Å². The summed E-state index contributed by atoms with van der Waals surface area (Å²) in [4.78, 5) is 10.9. The van der Waals surface area contributed by atoms with Crippen LogP contribution in [0.15, 0.2) is 24.3 Å². The molecule has 0 aromatic heterocycles. The average Bonchev–Trinajstić information content (AvgIpc) is 3.08. The molecule has 0 amide bonds. The minimum absolute atomic E-state index is 0.163. The molecule has 1 aliphatic rings. The first-order valence-electron chi connectivity index (χ1n) is 5.50. The van der Waals surface area contributed by atoms with Gasteiger partial charge in [0.05, 0.1) is 12.0 Å². The van der Waals surface area contributed by atoms with Crippen LogP contribution < -0.4 is 4.74 Å². The molecule has 0 spiro atoms. The van der Waals surface area contributed by atoms with Crippen molar-refractivity contribution in [3.05, 3.63) is 29.8 Å². The van der Waals surface area contributed by atoms with Gasteiger partial charge in [-0.2, -0.15) is 0 Å². The van der Waals surface area contributed by atoms with E-state index in [-0.39, 0.29) is 5.41 Å². The summed E-state index contributed by atoms with van der Waals surface area (Å²) >= 11 is 0. The van der Waals surface area contributed by atoms with Crippen molar-refractivity contribution in [1.82, 2.24) is 0 Å². The van der Waals surface area contributed by atoms with E-state index in [2.05, 4.69) is 6.92 Å². The van der Waals surface area contributed by atoms with Crippen molar-refractivity contribution in [1.29, 1.82) is 0 Å². The largest absolute Gasteiger partial charge is 0.494 e. The first-order valence-corrected chi connectivity index (χ1v) is 5.50. The summed E-state index contributed by atoms with van der Waals surface area (Å²) < 4.78 is 5.49. The van der Waals surface area contributed by atoms with Crippen LogP contribution in [0.1, 0.15) is 31.7 Å². The molecule has 15 heavy (non-hydrogen) atoms. The van der Waals surface area contributed by atoms with Crippen LogP contribution in [-0.2, 0) is 10.2 Å². The van der Waals surface area contributed by atoms with Gasteiger partial charge in [0, 0.05) is 0 Å². The van der Waals surface area contributed by atoms with Crippen molar-refractivity contribution in [3.63, 3.8) is 0 Å². The minimum atomic E-state index is -0.163. The molecule has 2 heteroatoms. The van der Waals surface area contributed by atoms with Crippen LogP contribution in [0.2, 0.25) is 0 Å². The van der Waals surface area contributed by atoms with Crippen molar-refractivity contribution in [2.75, 3.05) is 6.61 Å². The SMILES string of the molecule is CCCOc1ccc(C2(C=O)CC2)cc1. The van der Waals surface area contributed by atoms with Gasteiger partial charge >= 0.3 is 0 Å². The molecule has 0 radical (unpaired) electrons. The van der Waals surface area contributed by atoms with Gasteiger partial charge in [-0.25, -0.2) is 0 Å². The third-order valence-electron chi connectivity index (χ3n) is 2.92. The zero-order valence-electron chi connectivity index (χ0n) is 9.03. The third-order valence-corrected chi connectivity index (χ3v) is 2.92. The molecule has 0 aliphatic heterocycles. The second-order valence-corrected chi connectivity index (χ2v) is 4.15. The van der Waals surface area contributed by atoms with Gasteiger partial charge in [0.2, 0.25) is 0 Å². The van der Waals surface area contributed by atoms with Gasteiger partial charge in [-0.05, 0) is 37.0 Å². The Morgan fingerprint density at radius 1 is 1.33 bits per heavy atom. The zero-order chi connectivity index (χ0) is 10.7. The lowest BCUT2D eigenvalue weighted by atomic mass is 9.98. The molecule has 0 saturated heterocycles. The molecule has 1 saturated carbocycles. The molecule has 1 aliphatic carbocycles. The van der Waals surface area contributed by atoms with E-state index in [0.29, 0.717) is 0 Å². The second kappa shape index (κ2) is 4.05. The molecule has 0 N–H and O–H groups in total. The number of carbonyl (C=O) groups excluding carboxylic acids is 1. The van der Waals surface area contributed by atoms with E-state index in [1.54, 1.807) is 0 Å². The second-order valence-electron chi connectivity index (χ2n) is 4.15. The van der Waals surface area contributed by atoms with Crippen LogP contribution in [0.4, 0.5) is 0 Å². The Balaban J connectivity index is 2.07. The van der Waals surface area contributed by atoms with E-state index in [1.165, 1.54) is 0 Å². The van der Waals surface area contributed by atoms with Crippen LogP contribution in [0.5, 0.6) is 5.75 Å². The van der Waals surface area contributed by atoms with E-state index in [1.807, 2.05) is 24.3 Å². The number of aldehydes is 1. The molecule has 1 aromatic carbocycles. The van der Waals surface area contributed by atoms with E-state index in [4.69, 9.17) is 4.74 Å². The average molecular weight is 204 g/mol. The van der Waals surface area contributed by atoms with Gasteiger partial charge in [-0.1, -0.05) is 19.1 Å². The molecule has 0 heterocycles. The Hall–Kier alpha value is -1.31. The third kappa shape index (κ3) is 2.04. The molecule has 2 rings (SSSR count). The smallest absolute Gasteiger partial charge is 0.130 e. The van der Waals surface area contributed by atoms with Gasteiger partial charge in [0.1, 0.15) is 12.0 Å². The highest BCUT2D eigenvalue weighted by Gasteiger charge is 2.44. The van der Waals surface area contributed by atoms with Gasteiger partial charge in [-0.3, -0.25) is 0 Å². The van der Waals surface area contributed by atoms with E-state index >= 15 is 0 Å². The van der Waals surface area contributed by atoms with Gasteiger partial charge in [-0.15, -0.1) is 0 Å². The van der Waals surface area contributed by atoms with Crippen molar-refractivity contribution in [3.8, 4) is 5.75 Å². The summed E-state index contributed by atoms with van der Waals surface area (Å²) in [6.07, 6.45) is 4.08. The standard InChI is InChI=1S/C13H16O2/c1-2-9-15-12-5-3-11(4-6-12)13(10-14)7-8-13/h3-6,10H,2,7-9H2,1H3. The van der Waals surface area contributed by atoms with Crippen molar-refractivity contribution in [2.45, 2.75) is 31.6 Å².